The van der Waals surface area contributed by atoms with Crippen LogP contribution in [0.15, 0.2) is 59.5 Å². The maximum absolute atomic E-state index is 2.29. The SMILES string of the molecule is CC(C)(C)c1ccc(C(C)(C)Sc2ccccc2)cc1. The predicted molar refractivity (Wildman–Crippen MR) is 90.5 cm³/mol. The van der Waals surface area contributed by atoms with Gasteiger partial charge in [-0.2, -0.15) is 0 Å². The Balaban J connectivity index is 2.21. The Morgan fingerprint density at radius 1 is 0.650 bits per heavy atom. The van der Waals surface area contributed by atoms with Crippen molar-refractivity contribution < 1.29 is 0 Å². The van der Waals surface area contributed by atoms with Gasteiger partial charge in [-0.1, -0.05) is 63.2 Å². The fourth-order valence-corrected chi connectivity index (χ4v) is 3.35. The third-order valence-electron chi connectivity index (χ3n) is 3.56. The fourth-order valence-electron chi connectivity index (χ4n) is 2.21. The molecule has 2 aromatic carbocycles. The molecule has 0 unspecified atom stereocenters. The van der Waals surface area contributed by atoms with Crippen LogP contribution in [0.2, 0.25) is 0 Å². The zero-order chi connectivity index (χ0) is 14.8. The Morgan fingerprint density at radius 3 is 1.65 bits per heavy atom. The van der Waals surface area contributed by atoms with Crippen molar-refractivity contribution in [1.29, 1.82) is 0 Å². The van der Waals surface area contributed by atoms with Gasteiger partial charge in [0.15, 0.2) is 0 Å². The molecule has 0 radical (unpaired) electrons. The lowest BCUT2D eigenvalue weighted by molar-refractivity contribution is 0.589. The molecule has 0 bridgehead atoms. The van der Waals surface area contributed by atoms with Gasteiger partial charge in [-0.15, -0.1) is 11.8 Å². The summed E-state index contributed by atoms with van der Waals surface area (Å²) in [5, 5.41) is 0. The molecular weight excluding hydrogens is 260 g/mol. The first kappa shape index (κ1) is 15.2. The van der Waals surface area contributed by atoms with E-state index < -0.39 is 0 Å². The highest BCUT2D eigenvalue weighted by Gasteiger charge is 2.23. The minimum Gasteiger partial charge on any atom is -0.115 e. The predicted octanol–water partition coefficient (Wildman–Crippen LogP) is 6.01. The summed E-state index contributed by atoms with van der Waals surface area (Å²) >= 11 is 1.91. The van der Waals surface area contributed by atoms with Gasteiger partial charge in [-0.3, -0.25) is 0 Å². The van der Waals surface area contributed by atoms with Crippen molar-refractivity contribution >= 4 is 11.8 Å². The minimum atomic E-state index is 0.0811. The smallest absolute Gasteiger partial charge is 0.0399 e. The summed E-state index contributed by atoms with van der Waals surface area (Å²) in [6.07, 6.45) is 0. The number of rotatable bonds is 3. The Labute approximate surface area is 127 Å². The molecule has 0 aliphatic carbocycles. The van der Waals surface area contributed by atoms with Gasteiger partial charge >= 0.3 is 0 Å². The minimum absolute atomic E-state index is 0.0811. The molecule has 0 heterocycles. The Bertz CT molecular complexity index is 545. The van der Waals surface area contributed by atoms with Crippen LogP contribution in [0.3, 0.4) is 0 Å². The molecule has 20 heavy (non-hydrogen) atoms. The molecule has 2 rings (SSSR count). The van der Waals surface area contributed by atoms with Gasteiger partial charge in [-0.05, 0) is 42.5 Å². The third-order valence-corrected chi connectivity index (χ3v) is 4.82. The first-order valence-electron chi connectivity index (χ1n) is 7.14. The molecular formula is C19H24S. The van der Waals surface area contributed by atoms with Crippen LogP contribution in [0.25, 0.3) is 0 Å². The maximum atomic E-state index is 2.29. The van der Waals surface area contributed by atoms with E-state index in [4.69, 9.17) is 0 Å². The van der Waals surface area contributed by atoms with Gasteiger partial charge in [0.1, 0.15) is 0 Å². The van der Waals surface area contributed by atoms with Crippen LogP contribution in [0.1, 0.15) is 45.7 Å². The van der Waals surface area contributed by atoms with Crippen LogP contribution in [0.5, 0.6) is 0 Å². The average Bonchev–Trinajstić information content (AvgIpc) is 2.38. The standard InChI is InChI=1S/C19H24S/c1-18(2,3)15-11-13-16(14-12-15)19(4,5)20-17-9-7-6-8-10-17/h6-14H,1-5H3. The van der Waals surface area contributed by atoms with Gasteiger partial charge in [0.05, 0.1) is 0 Å². The van der Waals surface area contributed by atoms with E-state index in [0.29, 0.717) is 0 Å². The molecule has 0 fully saturated rings. The molecule has 0 atom stereocenters. The molecule has 0 spiro atoms. The number of thioether (sulfide) groups is 1. The van der Waals surface area contributed by atoms with Gasteiger partial charge in [-0.25, -0.2) is 0 Å². The average molecular weight is 284 g/mol. The number of hydrogen-bond donors (Lipinski definition) is 0. The summed E-state index contributed by atoms with van der Waals surface area (Å²) in [5.41, 5.74) is 2.98. The van der Waals surface area contributed by atoms with Crippen molar-refractivity contribution in [2.45, 2.75) is 49.7 Å². The van der Waals surface area contributed by atoms with Crippen molar-refractivity contribution in [3.8, 4) is 0 Å². The number of hydrogen-bond acceptors (Lipinski definition) is 1. The lowest BCUT2D eigenvalue weighted by atomic mass is 9.86. The van der Waals surface area contributed by atoms with Crippen LogP contribution in [0.4, 0.5) is 0 Å². The molecule has 0 aliphatic rings. The van der Waals surface area contributed by atoms with Crippen LogP contribution >= 0.6 is 11.8 Å². The summed E-state index contributed by atoms with van der Waals surface area (Å²) in [4.78, 5) is 1.32. The lowest BCUT2D eigenvalue weighted by Gasteiger charge is -2.26. The van der Waals surface area contributed by atoms with Gasteiger partial charge < -0.3 is 0 Å². The Morgan fingerprint density at radius 2 is 1.15 bits per heavy atom. The highest BCUT2D eigenvalue weighted by molar-refractivity contribution is 8.00. The molecule has 2 aromatic rings. The van der Waals surface area contributed by atoms with Crippen molar-refractivity contribution in [1.82, 2.24) is 0 Å². The summed E-state index contributed by atoms with van der Waals surface area (Å²) in [5.74, 6) is 0. The highest BCUT2D eigenvalue weighted by atomic mass is 32.2. The molecule has 106 valence electrons. The molecule has 0 saturated heterocycles. The van der Waals surface area contributed by atoms with Gasteiger partial charge in [0.2, 0.25) is 0 Å². The molecule has 0 amide bonds. The topological polar surface area (TPSA) is 0 Å². The first-order valence-corrected chi connectivity index (χ1v) is 7.96. The summed E-state index contributed by atoms with van der Waals surface area (Å²) < 4.78 is 0.0811. The van der Waals surface area contributed by atoms with E-state index in [2.05, 4.69) is 89.2 Å². The molecule has 0 aliphatic heterocycles. The molecule has 1 heteroatoms. The van der Waals surface area contributed by atoms with Crippen molar-refractivity contribution in [2.24, 2.45) is 0 Å². The van der Waals surface area contributed by atoms with E-state index >= 15 is 0 Å². The van der Waals surface area contributed by atoms with E-state index in [0.717, 1.165) is 0 Å². The second-order valence-corrected chi connectivity index (χ2v) is 8.45. The molecule has 0 nitrogen and oxygen atoms in total. The molecule has 0 N–H and O–H groups in total. The Hall–Kier alpha value is -1.21. The van der Waals surface area contributed by atoms with Crippen LogP contribution in [0, 0.1) is 0 Å². The van der Waals surface area contributed by atoms with Crippen molar-refractivity contribution in [3.05, 3.63) is 65.7 Å². The first-order chi connectivity index (χ1) is 9.29. The van der Waals surface area contributed by atoms with Crippen LogP contribution in [-0.4, -0.2) is 0 Å². The normalized spacial score (nSPS) is 12.4. The zero-order valence-corrected chi connectivity index (χ0v) is 13.9. The zero-order valence-electron chi connectivity index (χ0n) is 13.1. The van der Waals surface area contributed by atoms with Crippen molar-refractivity contribution in [3.63, 3.8) is 0 Å². The van der Waals surface area contributed by atoms with E-state index in [1.54, 1.807) is 0 Å². The van der Waals surface area contributed by atoms with Crippen molar-refractivity contribution in [2.75, 3.05) is 0 Å². The molecule has 0 saturated carbocycles. The highest BCUT2D eigenvalue weighted by Crippen LogP contribution is 2.41. The van der Waals surface area contributed by atoms with Crippen LogP contribution in [-0.2, 0) is 10.2 Å². The number of benzene rings is 2. The summed E-state index contributed by atoms with van der Waals surface area (Å²) in [6.45, 7) is 11.3. The second kappa shape index (κ2) is 5.65. The summed E-state index contributed by atoms with van der Waals surface area (Å²) in [7, 11) is 0. The monoisotopic (exact) mass is 284 g/mol. The largest absolute Gasteiger partial charge is 0.115 e. The van der Waals surface area contributed by atoms with E-state index in [1.165, 1.54) is 16.0 Å². The maximum Gasteiger partial charge on any atom is 0.0399 e. The quantitative estimate of drug-likeness (QED) is 0.622. The van der Waals surface area contributed by atoms with E-state index in [-0.39, 0.29) is 10.2 Å². The van der Waals surface area contributed by atoms with Gasteiger partial charge in [0, 0.05) is 9.64 Å². The van der Waals surface area contributed by atoms with E-state index in [1.807, 2.05) is 11.8 Å². The van der Waals surface area contributed by atoms with E-state index in [9.17, 15) is 0 Å². The Kier molecular flexibility index (Phi) is 4.29. The second-order valence-electron chi connectivity index (χ2n) is 6.75. The van der Waals surface area contributed by atoms with Crippen LogP contribution < -0.4 is 0 Å². The fraction of sp³-hybridized carbons (Fsp3) is 0.368. The lowest BCUT2D eigenvalue weighted by Crippen LogP contribution is -2.14. The van der Waals surface area contributed by atoms with Gasteiger partial charge in [0.25, 0.3) is 0 Å². The third kappa shape index (κ3) is 3.67. The summed E-state index contributed by atoms with van der Waals surface area (Å²) in [6, 6.07) is 19.7. The molecule has 0 aromatic heterocycles.